The summed E-state index contributed by atoms with van der Waals surface area (Å²) in [5.41, 5.74) is 2.22. The zero-order chi connectivity index (χ0) is 15.8. The van der Waals surface area contributed by atoms with E-state index in [2.05, 4.69) is 36.6 Å². The van der Waals surface area contributed by atoms with Crippen molar-refractivity contribution in [3.8, 4) is 0 Å². The van der Waals surface area contributed by atoms with Crippen LogP contribution in [-0.2, 0) is 9.59 Å². The monoisotopic (exact) mass is 288 g/mol. The summed E-state index contributed by atoms with van der Waals surface area (Å²) in [5, 5.41) is 5.29. The van der Waals surface area contributed by atoms with Crippen LogP contribution in [0.3, 0.4) is 0 Å². The molecule has 21 heavy (non-hydrogen) atoms. The third-order valence-electron chi connectivity index (χ3n) is 3.13. The molecule has 0 heterocycles. The van der Waals surface area contributed by atoms with Crippen LogP contribution < -0.4 is 10.6 Å². The Bertz CT molecular complexity index is 504. The number of benzene rings is 1. The predicted octanol–water partition coefficient (Wildman–Crippen LogP) is 2.46. The number of carbonyl (C=O) groups is 2. The van der Waals surface area contributed by atoms with Gasteiger partial charge in [-0.1, -0.05) is 38.1 Å². The molecule has 4 nitrogen and oxygen atoms in total. The van der Waals surface area contributed by atoms with Crippen molar-refractivity contribution in [2.75, 3.05) is 6.54 Å². The number of amides is 2. The molecule has 0 aliphatic rings. The second-order valence-corrected chi connectivity index (χ2v) is 5.28. The first-order valence-electron chi connectivity index (χ1n) is 7.30. The van der Waals surface area contributed by atoms with Crippen LogP contribution in [0.1, 0.15) is 44.7 Å². The molecule has 0 saturated heterocycles. The average Bonchev–Trinajstić information content (AvgIpc) is 2.45. The van der Waals surface area contributed by atoms with Gasteiger partial charge in [0.1, 0.15) is 6.04 Å². The zero-order valence-corrected chi connectivity index (χ0v) is 13.1. The summed E-state index contributed by atoms with van der Waals surface area (Å²) in [6.07, 6.45) is 3.18. The van der Waals surface area contributed by atoms with Gasteiger partial charge in [-0.05, 0) is 37.0 Å². The van der Waals surface area contributed by atoms with Gasteiger partial charge in [-0.3, -0.25) is 9.59 Å². The third-order valence-corrected chi connectivity index (χ3v) is 3.13. The molecule has 4 heteroatoms. The molecular formula is C17H24N2O2. The summed E-state index contributed by atoms with van der Waals surface area (Å²) in [7, 11) is 0. The highest BCUT2D eigenvalue weighted by atomic mass is 16.2. The predicted molar refractivity (Wildman–Crippen MR) is 85.9 cm³/mol. The summed E-state index contributed by atoms with van der Waals surface area (Å²) in [5.74, 6) is 0.0338. The lowest BCUT2D eigenvalue weighted by atomic mass is 10.0. The maximum Gasteiger partial charge on any atom is 0.244 e. The van der Waals surface area contributed by atoms with Gasteiger partial charge in [-0.15, -0.1) is 0 Å². The van der Waals surface area contributed by atoms with Crippen molar-refractivity contribution < 1.29 is 9.59 Å². The van der Waals surface area contributed by atoms with E-state index in [0.717, 1.165) is 5.56 Å². The first-order valence-corrected chi connectivity index (χ1v) is 7.30. The third kappa shape index (κ3) is 5.81. The van der Waals surface area contributed by atoms with Gasteiger partial charge >= 0.3 is 0 Å². The first-order chi connectivity index (χ1) is 9.93. The second-order valence-electron chi connectivity index (χ2n) is 5.28. The smallest absolute Gasteiger partial charge is 0.244 e. The van der Waals surface area contributed by atoms with Crippen LogP contribution in [0.5, 0.6) is 0 Å². The van der Waals surface area contributed by atoms with Crippen molar-refractivity contribution in [3.05, 3.63) is 41.5 Å². The highest BCUT2D eigenvalue weighted by Crippen LogP contribution is 2.15. The topological polar surface area (TPSA) is 58.2 Å². The summed E-state index contributed by atoms with van der Waals surface area (Å²) < 4.78 is 0. The number of likely N-dealkylation sites (N-methyl/N-ethyl adjacent to an activating group) is 1. The van der Waals surface area contributed by atoms with Gasteiger partial charge in [0.05, 0.1) is 0 Å². The van der Waals surface area contributed by atoms with Crippen molar-refractivity contribution >= 4 is 17.9 Å². The fourth-order valence-electron chi connectivity index (χ4n) is 1.82. The molecule has 0 fully saturated rings. The van der Waals surface area contributed by atoms with E-state index in [-0.39, 0.29) is 11.8 Å². The highest BCUT2D eigenvalue weighted by molar-refractivity contribution is 5.95. The van der Waals surface area contributed by atoms with Gasteiger partial charge in [0.25, 0.3) is 0 Å². The van der Waals surface area contributed by atoms with E-state index in [1.807, 2.05) is 19.1 Å². The minimum atomic E-state index is -0.537. The molecule has 0 unspecified atom stereocenters. The van der Waals surface area contributed by atoms with E-state index < -0.39 is 6.04 Å². The molecule has 114 valence electrons. The van der Waals surface area contributed by atoms with Crippen molar-refractivity contribution in [3.63, 3.8) is 0 Å². The minimum Gasteiger partial charge on any atom is -0.355 e. The van der Waals surface area contributed by atoms with Crippen LogP contribution >= 0.6 is 0 Å². The number of hydrogen-bond donors (Lipinski definition) is 2. The molecule has 1 rings (SSSR count). The normalized spacial score (nSPS) is 12.4. The average molecular weight is 288 g/mol. The maximum atomic E-state index is 11.7. The molecule has 0 aliphatic heterocycles. The molecule has 0 spiro atoms. The number of carbonyl (C=O) groups excluding carboxylic acids is 2. The van der Waals surface area contributed by atoms with Crippen LogP contribution in [-0.4, -0.2) is 24.4 Å². The zero-order valence-electron chi connectivity index (χ0n) is 13.1. The Labute approximate surface area is 126 Å². The van der Waals surface area contributed by atoms with E-state index >= 15 is 0 Å². The summed E-state index contributed by atoms with van der Waals surface area (Å²) >= 11 is 0. The summed E-state index contributed by atoms with van der Waals surface area (Å²) in [4.78, 5) is 23.2. The Hall–Kier alpha value is -2.10. The minimum absolute atomic E-state index is 0.180. The molecule has 1 aromatic carbocycles. The van der Waals surface area contributed by atoms with Gasteiger partial charge in [0, 0.05) is 12.6 Å². The molecule has 2 amide bonds. The van der Waals surface area contributed by atoms with E-state index in [1.165, 1.54) is 11.6 Å². The van der Waals surface area contributed by atoms with Crippen LogP contribution in [0.25, 0.3) is 6.08 Å². The number of hydrogen-bond acceptors (Lipinski definition) is 2. The van der Waals surface area contributed by atoms with Crippen LogP contribution in [0.15, 0.2) is 30.3 Å². The Kier molecular flexibility index (Phi) is 6.66. The second kappa shape index (κ2) is 8.25. The molecule has 0 aliphatic carbocycles. The van der Waals surface area contributed by atoms with E-state index in [4.69, 9.17) is 0 Å². The van der Waals surface area contributed by atoms with Crippen LogP contribution in [0.4, 0.5) is 0 Å². The van der Waals surface area contributed by atoms with Gasteiger partial charge in [-0.25, -0.2) is 0 Å². The van der Waals surface area contributed by atoms with Crippen molar-refractivity contribution in [2.45, 2.75) is 39.7 Å². The SMILES string of the molecule is CCNC(=O)[C@@H](C)NC(=O)/C=C/c1ccc(C(C)C)cc1. The number of nitrogens with one attached hydrogen (secondary N) is 2. The lowest BCUT2D eigenvalue weighted by Crippen LogP contribution is -2.44. The molecular weight excluding hydrogens is 264 g/mol. The quantitative estimate of drug-likeness (QED) is 0.790. The van der Waals surface area contributed by atoms with Gasteiger partial charge < -0.3 is 10.6 Å². The summed E-state index contributed by atoms with van der Waals surface area (Å²) in [6.45, 7) is 8.33. The molecule has 1 atom stereocenters. The van der Waals surface area contributed by atoms with E-state index in [0.29, 0.717) is 12.5 Å². The van der Waals surface area contributed by atoms with Gasteiger partial charge in [0.2, 0.25) is 11.8 Å². The largest absolute Gasteiger partial charge is 0.355 e. The molecule has 0 radical (unpaired) electrons. The molecule has 1 aromatic rings. The van der Waals surface area contributed by atoms with Gasteiger partial charge in [-0.2, -0.15) is 0 Å². The number of rotatable bonds is 6. The van der Waals surface area contributed by atoms with Gasteiger partial charge in [0.15, 0.2) is 0 Å². The molecule has 0 bridgehead atoms. The van der Waals surface area contributed by atoms with Crippen LogP contribution in [0.2, 0.25) is 0 Å². The lowest BCUT2D eigenvalue weighted by Gasteiger charge is -2.11. The van der Waals surface area contributed by atoms with Crippen LogP contribution in [0, 0.1) is 0 Å². The van der Waals surface area contributed by atoms with E-state index in [9.17, 15) is 9.59 Å². The Morgan fingerprint density at radius 3 is 2.29 bits per heavy atom. The fraction of sp³-hybridized carbons (Fsp3) is 0.412. The maximum absolute atomic E-state index is 11.7. The van der Waals surface area contributed by atoms with Crippen molar-refractivity contribution in [2.24, 2.45) is 0 Å². The summed E-state index contributed by atoms with van der Waals surface area (Å²) in [6, 6.07) is 7.53. The van der Waals surface area contributed by atoms with E-state index in [1.54, 1.807) is 13.0 Å². The Balaban J connectivity index is 2.55. The standard InChI is InChI=1S/C17H24N2O2/c1-5-18-17(21)13(4)19-16(20)11-8-14-6-9-15(10-7-14)12(2)3/h6-13H,5H2,1-4H3,(H,18,21)(H,19,20)/b11-8+/t13-/m1/s1. The van der Waals surface area contributed by atoms with Crippen molar-refractivity contribution in [1.29, 1.82) is 0 Å². The Morgan fingerprint density at radius 1 is 1.14 bits per heavy atom. The molecule has 0 saturated carbocycles. The molecule has 2 N–H and O–H groups in total. The Morgan fingerprint density at radius 2 is 1.76 bits per heavy atom. The molecule has 0 aromatic heterocycles. The highest BCUT2D eigenvalue weighted by Gasteiger charge is 2.12. The lowest BCUT2D eigenvalue weighted by molar-refractivity contribution is -0.126. The fourth-order valence-corrected chi connectivity index (χ4v) is 1.82. The first kappa shape index (κ1) is 17.0. The van der Waals surface area contributed by atoms with Crippen molar-refractivity contribution in [1.82, 2.24) is 10.6 Å².